The highest BCUT2D eigenvalue weighted by molar-refractivity contribution is 5.79. The average Bonchev–Trinajstić information content (AvgIpc) is 2.39. The molecule has 0 aliphatic carbocycles. The smallest absolute Gasteiger partial charge is 0.226 e. The molecule has 2 rings (SSSR count). The van der Waals surface area contributed by atoms with Gasteiger partial charge in [-0.05, 0) is 33.0 Å². The van der Waals surface area contributed by atoms with Crippen molar-refractivity contribution in [1.82, 2.24) is 9.80 Å². The van der Waals surface area contributed by atoms with Gasteiger partial charge in [-0.1, -0.05) is 0 Å². The third-order valence-corrected chi connectivity index (χ3v) is 3.79. The monoisotopic (exact) mass is 242 g/mol. The predicted octanol–water partition coefficient (Wildman–Crippen LogP) is -0.452. The van der Waals surface area contributed by atoms with Crippen molar-refractivity contribution in [2.45, 2.75) is 18.9 Å². The van der Waals surface area contributed by atoms with Gasteiger partial charge >= 0.3 is 0 Å². The molecule has 1 N–H and O–H groups in total. The van der Waals surface area contributed by atoms with Crippen LogP contribution in [0.15, 0.2) is 0 Å². The number of carbonyl (C=O) groups excluding carboxylic acids is 1. The number of rotatable bonds is 2. The Morgan fingerprint density at radius 3 is 2.71 bits per heavy atom. The minimum absolute atomic E-state index is 0.00162. The van der Waals surface area contributed by atoms with Crippen LogP contribution >= 0.6 is 0 Å². The van der Waals surface area contributed by atoms with Crippen LogP contribution in [0.3, 0.4) is 0 Å². The standard InChI is InChI=1S/C12H22N2O3/c1-13-4-2-10(3-5-13)12(16)14-6-7-17-9-11(14)8-15/h10-11,15H,2-9H2,1H3. The molecule has 0 saturated carbocycles. The lowest BCUT2D eigenvalue weighted by Crippen LogP contribution is -2.53. The Morgan fingerprint density at radius 2 is 2.06 bits per heavy atom. The maximum Gasteiger partial charge on any atom is 0.226 e. The van der Waals surface area contributed by atoms with Crippen molar-refractivity contribution >= 4 is 5.91 Å². The van der Waals surface area contributed by atoms with E-state index in [0.29, 0.717) is 19.8 Å². The number of carbonyl (C=O) groups is 1. The van der Waals surface area contributed by atoms with E-state index in [-0.39, 0.29) is 24.5 Å². The molecule has 0 aromatic carbocycles. The first-order valence-electron chi connectivity index (χ1n) is 6.40. The van der Waals surface area contributed by atoms with Gasteiger partial charge in [0.2, 0.25) is 5.91 Å². The second-order valence-electron chi connectivity index (χ2n) is 5.02. The fraction of sp³-hybridized carbons (Fsp3) is 0.917. The Balaban J connectivity index is 1.93. The van der Waals surface area contributed by atoms with Crippen LogP contribution in [0, 0.1) is 5.92 Å². The van der Waals surface area contributed by atoms with Crippen LogP contribution in [0.1, 0.15) is 12.8 Å². The topological polar surface area (TPSA) is 53.0 Å². The molecule has 98 valence electrons. The van der Waals surface area contributed by atoms with Gasteiger partial charge in [-0.15, -0.1) is 0 Å². The molecular weight excluding hydrogens is 220 g/mol. The lowest BCUT2D eigenvalue weighted by Gasteiger charge is -2.38. The van der Waals surface area contributed by atoms with Gasteiger partial charge in [0, 0.05) is 12.5 Å². The van der Waals surface area contributed by atoms with Crippen molar-refractivity contribution in [1.29, 1.82) is 0 Å². The summed E-state index contributed by atoms with van der Waals surface area (Å²) in [5.41, 5.74) is 0. The fourth-order valence-electron chi connectivity index (χ4n) is 2.59. The molecule has 1 atom stereocenters. The number of nitrogens with zero attached hydrogens (tertiary/aromatic N) is 2. The number of amides is 1. The summed E-state index contributed by atoms with van der Waals surface area (Å²) >= 11 is 0. The maximum atomic E-state index is 12.4. The zero-order valence-corrected chi connectivity index (χ0v) is 10.5. The van der Waals surface area contributed by atoms with E-state index >= 15 is 0 Å². The molecule has 2 saturated heterocycles. The molecule has 1 unspecified atom stereocenters. The van der Waals surface area contributed by atoms with Crippen molar-refractivity contribution in [3.05, 3.63) is 0 Å². The molecular formula is C12H22N2O3. The number of ether oxygens (including phenoxy) is 1. The van der Waals surface area contributed by atoms with Gasteiger partial charge in [0.1, 0.15) is 0 Å². The highest BCUT2D eigenvalue weighted by Crippen LogP contribution is 2.21. The Kier molecular flexibility index (Phi) is 4.36. The Bertz CT molecular complexity index is 264. The van der Waals surface area contributed by atoms with E-state index < -0.39 is 0 Å². The van der Waals surface area contributed by atoms with Crippen LogP contribution in [0.25, 0.3) is 0 Å². The number of piperidine rings is 1. The number of likely N-dealkylation sites (tertiary alicyclic amines) is 1. The van der Waals surface area contributed by atoms with Gasteiger partial charge < -0.3 is 19.6 Å². The molecule has 2 heterocycles. The summed E-state index contributed by atoms with van der Waals surface area (Å²) in [6.45, 7) is 3.66. The van der Waals surface area contributed by atoms with Crippen LogP contribution in [-0.2, 0) is 9.53 Å². The van der Waals surface area contributed by atoms with Crippen molar-refractivity contribution in [3.8, 4) is 0 Å². The Labute approximate surface area is 102 Å². The molecule has 0 bridgehead atoms. The zero-order chi connectivity index (χ0) is 12.3. The van der Waals surface area contributed by atoms with E-state index in [0.717, 1.165) is 25.9 Å². The fourth-order valence-corrected chi connectivity index (χ4v) is 2.59. The second kappa shape index (κ2) is 5.80. The third kappa shape index (κ3) is 2.97. The summed E-state index contributed by atoms with van der Waals surface area (Å²) in [6.07, 6.45) is 1.87. The predicted molar refractivity (Wildman–Crippen MR) is 63.6 cm³/mol. The SMILES string of the molecule is CN1CCC(C(=O)N2CCOCC2CO)CC1. The second-order valence-corrected chi connectivity index (χ2v) is 5.02. The minimum atomic E-state index is -0.143. The first-order chi connectivity index (χ1) is 8.22. The van der Waals surface area contributed by atoms with Crippen LogP contribution in [-0.4, -0.2) is 73.4 Å². The van der Waals surface area contributed by atoms with Crippen molar-refractivity contribution in [2.75, 3.05) is 46.5 Å². The van der Waals surface area contributed by atoms with Crippen LogP contribution in [0.4, 0.5) is 0 Å². The van der Waals surface area contributed by atoms with E-state index in [1.807, 2.05) is 4.90 Å². The van der Waals surface area contributed by atoms with Gasteiger partial charge in [0.25, 0.3) is 0 Å². The molecule has 1 amide bonds. The average molecular weight is 242 g/mol. The number of hydrogen-bond acceptors (Lipinski definition) is 4. The lowest BCUT2D eigenvalue weighted by atomic mass is 9.95. The molecule has 2 aliphatic heterocycles. The van der Waals surface area contributed by atoms with Gasteiger partial charge in [-0.3, -0.25) is 4.79 Å². The number of hydrogen-bond donors (Lipinski definition) is 1. The summed E-state index contributed by atoms with van der Waals surface area (Å²) in [6, 6.07) is -0.143. The summed E-state index contributed by atoms with van der Waals surface area (Å²) < 4.78 is 5.30. The first-order valence-corrected chi connectivity index (χ1v) is 6.40. The summed E-state index contributed by atoms with van der Waals surface area (Å²) in [7, 11) is 2.09. The van der Waals surface area contributed by atoms with Crippen molar-refractivity contribution in [2.24, 2.45) is 5.92 Å². The summed E-state index contributed by atoms with van der Waals surface area (Å²) in [5, 5.41) is 9.27. The van der Waals surface area contributed by atoms with Crippen LogP contribution < -0.4 is 0 Å². The van der Waals surface area contributed by atoms with E-state index in [1.54, 1.807) is 0 Å². The molecule has 5 nitrogen and oxygen atoms in total. The van der Waals surface area contributed by atoms with Gasteiger partial charge in [-0.2, -0.15) is 0 Å². The molecule has 0 radical (unpaired) electrons. The normalized spacial score (nSPS) is 28.4. The van der Waals surface area contributed by atoms with Crippen LogP contribution in [0.5, 0.6) is 0 Å². The Hall–Kier alpha value is -0.650. The third-order valence-electron chi connectivity index (χ3n) is 3.79. The Morgan fingerprint density at radius 1 is 1.35 bits per heavy atom. The van der Waals surface area contributed by atoms with Gasteiger partial charge in [0.15, 0.2) is 0 Å². The minimum Gasteiger partial charge on any atom is -0.394 e. The number of morpholine rings is 1. The molecule has 2 aliphatic rings. The highest BCUT2D eigenvalue weighted by Gasteiger charge is 2.32. The summed E-state index contributed by atoms with van der Waals surface area (Å²) in [5.74, 6) is 0.346. The zero-order valence-electron chi connectivity index (χ0n) is 10.5. The van der Waals surface area contributed by atoms with E-state index in [9.17, 15) is 9.90 Å². The van der Waals surface area contributed by atoms with Crippen molar-refractivity contribution in [3.63, 3.8) is 0 Å². The van der Waals surface area contributed by atoms with E-state index in [4.69, 9.17) is 4.74 Å². The molecule has 0 aromatic rings. The van der Waals surface area contributed by atoms with Gasteiger partial charge in [-0.25, -0.2) is 0 Å². The molecule has 2 fully saturated rings. The highest BCUT2D eigenvalue weighted by atomic mass is 16.5. The van der Waals surface area contributed by atoms with Crippen molar-refractivity contribution < 1.29 is 14.6 Å². The van der Waals surface area contributed by atoms with Gasteiger partial charge in [0.05, 0.1) is 25.9 Å². The largest absolute Gasteiger partial charge is 0.394 e. The van der Waals surface area contributed by atoms with E-state index in [2.05, 4.69) is 11.9 Å². The molecule has 5 heteroatoms. The summed E-state index contributed by atoms with van der Waals surface area (Å²) in [4.78, 5) is 16.4. The number of aliphatic hydroxyl groups excluding tert-OH is 1. The first kappa shape index (κ1) is 12.8. The quantitative estimate of drug-likeness (QED) is 0.712. The lowest BCUT2D eigenvalue weighted by molar-refractivity contribution is -0.147. The van der Waals surface area contributed by atoms with Crippen LogP contribution in [0.2, 0.25) is 0 Å². The molecule has 17 heavy (non-hydrogen) atoms. The molecule has 0 spiro atoms. The maximum absolute atomic E-state index is 12.4. The van der Waals surface area contributed by atoms with E-state index in [1.165, 1.54) is 0 Å². The number of aliphatic hydroxyl groups is 1. The molecule has 0 aromatic heterocycles.